The molecule has 1 unspecified atom stereocenters. The normalized spacial score (nSPS) is 11.8. The highest BCUT2D eigenvalue weighted by Crippen LogP contribution is 2.14. The van der Waals surface area contributed by atoms with E-state index in [0.717, 1.165) is 0 Å². The fourth-order valence-electron chi connectivity index (χ4n) is 1.80. The number of nitrogens with one attached hydrogen (secondary N) is 1. The first-order chi connectivity index (χ1) is 9.90. The van der Waals surface area contributed by atoms with Crippen LogP contribution in [0.15, 0.2) is 4.52 Å². The average Bonchev–Trinajstić information content (AvgIpc) is 2.83. The Bertz CT molecular complexity index is 537. The number of carboxylic acid groups (broad SMARTS) is 1. The lowest BCUT2D eigenvalue weighted by Gasteiger charge is -2.13. The molecule has 8 heteroatoms. The van der Waals surface area contributed by atoms with Gasteiger partial charge in [-0.1, -0.05) is 12.1 Å². The molecule has 0 aliphatic heterocycles. The van der Waals surface area contributed by atoms with Crippen LogP contribution in [-0.4, -0.2) is 41.3 Å². The van der Waals surface area contributed by atoms with Crippen LogP contribution >= 0.6 is 0 Å². The molecular weight excluding hydrogens is 280 g/mol. The number of aryl methyl sites for hydroxylation is 2. The van der Waals surface area contributed by atoms with Gasteiger partial charge in [0.25, 0.3) is 5.91 Å². The van der Waals surface area contributed by atoms with Crippen LogP contribution in [0.5, 0.6) is 0 Å². The summed E-state index contributed by atoms with van der Waals surface area (Å²) in [5.74, 6) is -2.02. The molecule has 0 aromatic carbocycles. The number of ether oxygens (including phenoxy) is 1. The van der Waals surface area contributed by atoms with Crippen molar-refractivity contribution in [3.8, 4) is 0 Å². The second-order valence-corrected chi connectivity index (χ2v) is 4.39. The highest BCUT2D eigenvalue weighted by Gasteiger charge is 2.25. The Morgan fingerprint density at radius 1 is 1.43 bits per heavy atom. The third kappa shape index (κ3) is 4.30. The number of amides is 1. The molecular formula is C13H18N2O6. The minimum absolute atomic E-state index is 0.0560. The summed E-state index contributed by atoms with van der Waals surface area (Å²) in [7, 11) is 1.21. The second kappa shape index (κ2) is 7.41. The van der Waals surface area contributed by atoms with Crippen molar-refractivity contribution in [2.24, 2.45) is 0 Å². The number of hydrogen-bond donors (Lipinski definition) is 2. The van der Waals surface area contributed by atoms with Gasteiger partial charge in [0.1, 0.15) is 17.4 Å². The third-order valence-electron chi connectivity index (χ3n) is 2.96. The van der Waals surface area contributed by atoms with Crippen molar-refractivity contribution in [2.75, 3.05) is 7.11 Å². The largest absolute Gasteiger partial charge is 0.480 e. The number of carbonyl (C=O) groups is 3. The first kappa shape index (κ1) is 16.7. The Kier molecular flexibility index (Phi) is 5.89. The number of methoxy groups -OCH3 is 1. The molecule has 21 heavy (non-hydrogen) atoms. The molecule has 0 saturated heterocycles. The van der Waals surface area contributed by atoms with Gasteiger partial charge in [-0.3, -0.25) is 9.59 Å². The number of carboxylic acids is 1. The van der Waals surface area contributed by atoms with Crippen molar-refractivity contribution in [1.82, 2.24) is 10.5 Å². The zero-order valence-electron chi connectivity index (χ0n) is 12.1. The van der Waals surface area contributed by atoms with E-state index in [9.17, 15) is 14.4 Å². The standard InChI is InChI=1S/C13H18N2O6/c1-4-8-11(7(2)21-15-8)12(17)14-9(13(18)19)5-6-10(16)20-3/h9H,4-6H2,1-3H3,(H,14,17)(H,18,19). The Labute approximate surface area is 121 Å². The number of esters is 1. The molecule has 0 aliphatic carbocycles. The molecule has 0 spiro atoms. The van der Waals surface area contributed by atoms with Gasteiger partial charge in [-0.05, 0) is 19.8 Å². The summed E-state index contributed by atoms with van der Waals surface area (Å²) >= 11 is 0. The highest BCUT2D eigenvalue weighted by molar-refractivity contribution is 5.98. The molecule has 8 nitrogen and oxygen atoms in total. The molecule has 1 rings (SSSR count). The number of nitrogens with zero attached hydrogens (tertiary/aromatic N) is 1. The molecule has 1 heterocycles. The van der Waals surface area contributed by atoms with Crippen LogP contribution in [0.1, 0.15) is 41.6 Å². The predicted molar refractivity (Wildman–Crippen MR) is 70.8 cm³/mol. The summed E-state index contributed by atoms with van der Waals surface area (Å²) < 4.78 is 9.38. The first-order valence-corrected chi connectivity index (χ1v) is 6.46. The van der Waals surface area contributed by atoms with E-state index in [2.05, 4.69) is 15.2 Å². The number of hydrogen-bond acceptors (Lipinski definition) is 6. The van der Waals surface area contributed by atoms with Gasteiger partial charge in [0, 0.05) is 6.42 Å². The maximum atomic E-state index is 12.1. The van der Waals surface area contributed by atoms with Crippen LogP contribution in [0.4, 0.5) is 0 Å². The highest BCUT2D eigenvalue weighted by atomic mass is 16.5. The minimum atomic E-state index is -1.22. The van der Waals surface area contributed by atoms with Crippen molar-refractivity contribution in [3.05, 3.63) is 17.0 Å². The van der Waals surface area contributed by atoms with E-state index >= 15 is 0 Å². The topological polar surface area (TPSA) is 119 Å². The lowest BCUT2D eigenvalue weighted by molar-refractivity contribution is -0.142. The Morgan fingerprint density at radius 3 is 2.62 bits per heavy atom. The molecule has 1 amide bonds. The smallest absolute Gasteiger partial charge is 0.326 e. The van der Waals surface area contributed by atoms with Gasteiger partial charge in [0.15, 0.2) is 0 Å². The van der Waals surface area contributed by atoms with Gasteiger partial charge >= 0.3 is 11.9 Å². The Balaban J connectivity index is 2.79. The van der Waals surface area contributed by atoms with E-state index in [4.69, 9.17) is 9.63 Å². The van der Waals surface area contributed by atoms with E-state index in [0.29, 0.717) is 17.9 Å². The van der Waals surface area contributed by atoms with Crippen molar-refractivity contribution >= 4 is 17.8 Å². The van der Waals surface area contributed by atoms with E-state index in [1.807, 2.05) is 0 Å². The molecule has 0 saturated carbocycles. The van der Waals surface area contributed by atoms with Crippen LogP contribution in [0.2, 0.25) is 0 Å². The Hall–Kier alpha value is -2.38. The van der Waals surface area contributed by atoms with Crippen LogP contribution in [0, 0.1) is 6.92 Å². The number of aromatic nitrogens is 1. The van der Waals surface area contributed by atoms with Gasteiger partial charge < -0.3 is 19.7 Å². The zero-order chi connectivity index (χ0) is 16.0. The molecule has 0 radical (unpaired) electrons. The second-order valence-electron chi connectivity index (χ2n) is 4.39. The van der Waals surface area contributed by atoms with Crippen molar-refractivity contribution in [2.45, 2.75) is 39.2 Å². The summed E-state index contributed by atoms with van der Waals surface area (Å²) in [5, 5.41) is 15.2. The SMILES string of the molecule is CCc1noc(C)c1C(=O)NC(CCC(=O)OC)C(=O)O. The summed E-state index contributed by atoms with van der Waals surface area (Å²) in [6.07, 6.45) is 0.330. The number of aliphatic carboxylic acids is 1. The summed E-state index contributed by atoms with van der Waals surface area (Å²) in [6, 6.07) is -1.18. The minimum Gasteiger partial charge on any atom is -0.480 e. The first-order valence-electron chi connectivity index (χ1n) is 6.46. The maximum Gasteiger partial charge on any atom is 0.326 e. The maximum absolute atomic E-state index is 12.1. The van der Waals surface area contributed by atoms with Crippen LogP contribution in [-0.2, 0) is 20.7 Å². The summed E-state index contributed by atoms with van der Waals surface area (Å²) in [5.41, 5.74) is 0.698. The van der Waals surface area contributed by atoms with Gasteiger partial charge in [-0.2, -0.15) is 0 Å². The van der Waals surface area contributed by atoms with Gasteiger partial charge in [0.05, 0.1) is 12.8 Å². The predicted octanol–water partition coefficient (Wildman–Crippen LogP) is 0.682. The number of rotatable bonds is 7. The molecule has 0 aliphatic rings. The summed E-state index contributed by atoms with van der Waals surface area (Å²) in [4.78, 5) is 34.3. The van der Waals surface area contributed by atoms with Crippen LogP contribution < -0.4 is 5.32 Å². The van der Waals surface area contributed by atoms with Crippen molar-refractivity contribution < 1.29 is 28.8 Å². The van der Waals surface area contributed by atoms with Crippen molar-refractivity contribution in [3.63, 3.8) is 0 Å². The fourth-order valence-corrected chi connectivity index (χ4v) is 1.80. The van der Waals surface area contributed by atoms with Crippen LogP contribution in [0.25, 0.3) is 0 Å². The lowest BCUT2D eigenvalue weighted by Crippen LogP contribution is -2.41. The molecule has 1 aromatic rings. The molecule has 116 valence electrons. The lowest BCUT2D eigenvalue weighted by atomic mass is 10.1. The molecule has 0 bridgehead atoms. The zero-order valence-corrected chi connectivity index (χ0v) is 12.1. The van der Waals surface area contributed by atoms with Gasteiger partial charge in [-0.15, -0.1) is 0 Å². The van der Waals surface area contributed by atoms with E-state index in [1.54, 1.807) is 13.8 Å². The Morgan fingerprint density at radius 2 is 2.10 bits per heavy atom. The van der Waals surface area contributed by atoms with Gasteiger partial charge in [-0.25, -0.2) is 4.79 Å². The van der Waals surface area contributed by atoms with E-state index < -0.39 is 23.9 Å². The molecule has 1 atom stereocenters. The monoisotopic (exact) mass is 298 g/mol. The molecule has 2 N–H and O–H groups in total. The van der Waals surface area contributed by atoms with Crippen molar-refractivity contribution in [1.29, 1.82) is 0 Å². The quantitative estimate of drug-likeness (QED) is 0.710. The average molecular weight is 298 g/mol. The van der Waals surface area contributed by atoms with E-state index in [-0.39, 0.29) is 18.4 Å². The van der Waals surface area contributed by atoms with Crippen LogP contribution in [0.3, 0.4) is 0 Å². The van der Waals surface area contributed by atoms with E-state index in [1.165, 1.54) is 7.11 Å². The summed E-state index contributed by atoms with van der Waals surface area (Å²) in [6.45, 7) is 3.38. The third-order valence-corrected chi connectivity index (χ3v) is 2.96. The number of carbonyl (C=O) groups excluding carboxylic acids is 2. The molecule has 0 fully saturated rings. The van der Waals surface area contributed by atoms with Gasteiger partial charge in [0.2, 0.25) is 0 Å². The fraction of sp³-hybridized carbons (Fsp3) is 0.538. The molecule has 1 aromatic heterocycles.